The van der Waals surface area contributed by atoms with Crippen molar-refractivity contribution in [2.45, 2.75) is 13.0 Å². The Kier molecular flexibility index (Phi) is 6.33. The Hall–Kier alpha value is -2.99. The molecule has 0 spiro atoms. The number of nitrogens with zero attached hydrogens (tertiary/aromatic N) is 1. The fraction of sp³-hybridized carbons (Fsp3) is 0.286. The summed E-state index contributed by atoms with van der Waals surface area (Å²) in [7, 11) is 1.68. The van der Waals surface area contributed by atoms with E-state index < -0.39 is 0 Å². The molecule has 142 valence electrons. The van der Waals surface area contributed by atoms with E-state index in [9.17, 15) is 9.90 Å². The maximum Gasteiger partial charge on any atom is 0.257 e. The molecule has 0 aliphatic heterocycles. The molecular formula is C21H24N2O4. The first kappa shape index (κ1) is 18.8. The van der Waals surface area contributed by atoms with Gasteiger partial charge in [-0.3, -0.25) is 4.79 Å². The van der Waals surface area contributed by atoms with Crippen LogP contribution in [0, 0.1) is 0 Å². The first-order valence-electron chi connectivity index (χ1n) is 8.91. The van der Waals surface area contributed by atoms with Crippen molar-refractivity contribution in [3.63, 3.8) is 0 Å². The predicted octanol–water partition coefficient (Wildman–Crippen LogP) is 2.73. The van der Waals surface area contributed by atoms with Gasteiger partial charge < -0.3 is 24.5 Å². The Bertz CT molecular complexity index is 887. The Labute approximate surface area is 158 Å². The predicted molar refractivity (Wildman–Crippen MR) is 104 cm³/mol. The molecule has 6 heteroatoms. The van der Waals surface area contributed by atoms with Gasteiger partial charge in [0.25, 0.3) is 5.91 Å². The van der Waals surface area contributed by atoms with Crippen LogP contribution in [0.3, 0.4) is 0 Å². The summed E-state index contributed by atoms with van der Waals surface area (Å²) in [6, 6.07) is 14.8. The van der Waals surface area contributed by atoms with Crippen LogP contribution in [0.4, 0.5) is 0 Å². The SMILES string of the molecule is COCCn1ccc2c(OCC(=O)NCCc3ccc(O)cc3)cccc21. The van der Waals surface area contributed by atoms with E-state index in [2.05, 4.69) is 9.88 Å². The van der Waals surface area contributed by atoms with Gasteiger partial charge in [-0.25, -0.2) is 0 Å². The lowest BCUT2D eigenvalue weighted by molar-refractivity contribution is -0.123. The van der Waals surface area contributed by atoms with Crippen molar-refractivity contribution in [3.8, 4) is 11.5 Å². The average molecular weight is 368 g/mol. The van der Waals surface area contributed by atoms with Gasteiger partial charge in [-0.15, -0.1) is 0 Å². The van der Waals surface area contributed by atoms with Crippen LogP contribution >= 0.6 is 0 Å². The van der Waals surface area contributed by atoms with Crippen molar-refractivity contribution < 1.29 is 19.4 Å². The number of hydrogen-bond donors (Lipinski definition) is 2. The molecule has 0 saturated carbocycles. The van der Waals surface area contributed by atoms with E-state index >= 15 is 0 Å². The average Bonchev–Trinajstić information content (AvgIpc) is 3.10. The van der Waals surface area contributed by atoms with Crippen LogP contribution in [0.15, 0.2) is 54.7 Å². The standard InChI is InChI=1S/C21H24N2O4/c1-26-14-13-23-12-10-18-19(23)3-2-4-20(18)27-15-21(25)22-11-9-16-5-7-17(24)8-6-16/h2-8,10,12,24H,9,11,13-15H2,1H3,(H,22,25). The van der Waals surface area contributed by atoms with Crippen LogP contribution in [0.1, 0.15) is 5.56 Å². The number of hydrogen-bond acceptors (Lipinski definition) is 4. The van der Waals surface area contributed by atoms with Gasteiger partial charge in [-0.2, -0.15) is 0 Å². The maximum atomic E-state index is 12.0. The van der Waals surface area contributed by atoms with Gasteiger partial charge in [-0.1, -0.05) is 18.2 Å². The molecule has 0 unspecified atom stereocenters. The summed E-state index contributed by atoms with van der Waals surface area (Å²) in [6.45, 7) is 1.89. The summed E-state index contributed by atoms with van der Waals surface area (Å²) >= 11 is 0. The highest BCUT2D eigenvalue weighted by atomic mass is 16.5. The zero-order chi connectivity index (χ0) is 19.1. The number of carbonyl (C=O) groups is 1. The Balaban J connectivity index is 1.51. The second kappa shape index (κ2) is 9.09. The highest BCUT2D eigenvalue weighted by Gasteiger charge is 2.08. The fourth-order valence-corrected chi connectivity index (χ4v) is 2.91. The molecule has 0 aliphatic rings. The number of methoxy groups -OCH3 is 1. The zero-order valence-corrected chi connectivity index (χ0v) is 15.4. The number of phenols is 1. The van der Waals surface area contributed by atoms with Crippen LogP contribution in [0.25, 0.3) is 10.9 Å². The molecule has 0 radical (unpaired) electrons. The van der Waals surface area contributed by atoms with Gasteiger partial charge in [0.15, 0.2) is 6.61 Å². The molecule has 6 nitrogen and oxygen atoms in total. The number of phenolic OH excluding ortho intramolecular Hbond substituents is 1. The van der Waals surface area contributed by atoms with Crippen LogP contribution in [0.2, 0.25) is 0 Å². The Morgan fingerprint density at radius 2 is 1.96 bits per heavy atom. The molecule has 27 heavy (non-hydrogen) atoms. The molecular weight excluding hydrogens is 344 g/mol. The molecule has 0 fully saturated rings. The monoisotopic (exact) mass is 368 g/mol. The molecule has 2 N–H and O–H groups in total. The lowest BCUT2D eigenvalue weighted by atomic mass is 10.1. The highest BCUT2D eigenvalue weighted by molar-refractivity contribution is 5.87. The van der Waals surface area contributed by atoms with Gasteiger partial charge in [0.05, 0.1) is 12.1 Å². The molecule has 0 saturated heterocycles. The number of rotatable bonds is 9. The lowest BCUT2D eigenvalue weighted by Crippen LogP contribution is -2.30. The summed E-state index contributed by atoms with van der Waals surface area (Å²) in [6.07, 6.45) is 2.69. The Morgan fingerprint density at radius 1 is 1.15 bits per heavy atom. The van der Waals surface area contributed by atoms with Crippen molar-refractivity contribution in [3.05, 3.63) is 60.3 Å². The molecule has 3 aromatic rings. The molecule has 2 aromatic carbocycles. The van der Waals surface area contributed by atoms with Gasteiger partial charge >= 0.3 is 0 Å². The molecule has 1 aromatic heterocycles. The molecule has 1 amide bonds. The number of aromatic hydroxyl groups is 1. The Morgan fingerprint density at radius 3 is 2.74 bits per heavy atom. The van der Waals surface area contributed by atoms with E-state index in [-0.39, 0.29) is 18.3 Å². The molecule has 0 aliphatic carbocycles. The first-order chi connectivity index (χ1) is 13.2. The van der Waals surface area contributed by atoms with Crippen molar-refractivity contribution in [2.75, 3.05) is 26.9 Å². The summed E-state index contributed by atoms with van der Waals surface area (Å²) in [5.41, 5.74) is 2.11. The fourth-order valence-electron chi connectivity index (χ4n) is 2.91. The van der Waals surface area contributed by atoms with E-state index in [1.54, 1.807) is 19.2 Å². The minimum Gasteiger partial charge on any atom is -0.508 e. The number of ether oxygens (including phenoxy) is 2. The van der Waals surface area contributed by atoms with Crippen molar-refractivity contribution in [1.82, 2.24) is 9.88 Å². The summed E-state index contributed by atoms with van der Waals surface area (Å²) in [4.78, 5) is 12.0. The topological polar surface area (TPSA) is 72.7 Å². The minimum absolute atomic E-state index is 0.0298. The number of benzene rings is 2. The number of carbonyl (C=O) groups excluding carboxylic acids is 1. The molecule has 0 atom stereocenters. The van der Waals surface area contributed by atoms with Crippen molar-refractivity contribution in [2.24, 2.45) is 0 Å². The van der Waals surface area contributed by atoms with Gasteiger partial charge in [0.1, 0.15) is 11.5 Å². The molecule has 0 bridgehead atoms. The van der Waals surface area contributed by atoms with Crippen LogP contribution in [-0.2, 0) is 22.5 Å². The normalized spacial score (nSPS) is 10.9. The first-order valence-corrected chi connectivity index (χ1v) is 8.91. The van der Waals surface area contributed by atoms with E-state index in [4.69, 9.17) is 9.47 Å². The molecule has 1 heterocycles. The van der Waals surface area contributed by atoms with Crippen molar-refractivity contribution >= 4 is 16.8 Å². The minimum atomic E-state index is -0.162. The maximum absolute atomic E-state index is 12.0. The third-order valence-electron chi connectivity index (χ3n) is 4.34. The van der Waals surface area contributed by atoms with Gasteiger partial charge in [0, 0.05) is 31.8 Å². The van der Waals surface area contributed by atoms with Crippen LogP contribution in [-0.4, -0.2) is 42.4 Å². The van der Waals surface area contributed by atoms with Crippen molar-refractivity contribution in [1.29, 1.82) is 0 Å². The smallest absolute Gasteiger partial charge is 0.257 e. The second-order valence-corrected chi connectivity index (χ2v) is 6.25. The zero-order valence-electron chi connectivity index (χ0n) is 15.4. The van der Waals surface area contributed by atoms with E-state index in [0.717, 1.165) is 23.0 Å². The van der Waals surface area contributed by atoms with Gasteiger partial charge in [-0.05, 0) is 42.3 Å². The van der Waals surface area contributed by atoms with Gasteiger partial charge in [0.2, 0.25) is 0 Å². The summed E-state index contributed by atoms with van der Waals surface area (Å²) in [5, 5.41) is 13.1. The number of fused-ring (bicyclic) bond motifs is 1. The second-order valence-electron chi connectivity index (χ2n) is 6.25. The summed E-state index contributed by atoms with van der Waals surface area (Å²) in [5.74, 6) is 0.767. The lowest BCUT2D eigenvalue weighted by Gasteiger charge is -2.10. The largest absolute Gasteiger partial charge is 0.508 e. The van der Waals surface area contributed by atoms with Crippen LogP contribution < -0.4 is 10.1 Å². The third-order valence-corrected chi connectivity index (χ3v) is 4.34. The summed E-state index contributed by atoms with van der Waals surface area (Å²) < 4.78 is 13.0. The van der Waals surface area contributed by atoms with E-state index in [0.29, 0.717) is 25.3 Å². The quantitative estimate of drug-likeness (QED) is 0.609. The number of aromatic nitrogens is 1. The van der Waals surface area contributed by atoms with Crippen LogP contribution in [0.5, 0.6) is 11.5 Å². The molecule has 3 rings (SSSR count). The number of amides is 1. The number of nitrogens with one attached hydrogen (secondary N) is 1. The van der Waals surface area contributed by atoms with E-state index in [1.807, 2.05) is 42.6 Å². The van der Waals surface area contributed by atoms with E-state index in [1.165, 1.54) is 0 Å². The third kappa shape index (κ3) is 5.01. The highest BCUT2D eigenvalue weighted by Crippen LogP contribution is 2.26.